The standard InChI is InChI=1S/C19H29N3O3/c1-12(13-8-6-5-7-9-13)21-17(24)15-10-14(23)11-22(15)18(25)16(20)19(2,3)4/h5-9,12,14-16,23H,10-11,20H2,1-4H3,(H,21,24)/t12-,14+,15-,16+/m0/s1. The first-order chi connectivity index (χ1) is 11.6. The van der Waals surface area contributed by atoms with Gasteiger partial charge in [0.25, 0.3) is 0 Å². The Labute approximate surface area is 149 Å². The summed E-state index contributed by atoms with van der Waals surface area (Å²) in [6.07, 6.45) is -0.477. The van der Waals surface area contributed by atoms with E-state index in [4.69, 9.17) is 5.73 Å². The summed E-state index contributed by atoms with van der Waals surface area (Å²) in [7, 11) is 0. The SMILES string of the molecule is C[C@H](NC(=O)[C@@H]1C[C@@H](O)CN1C(=O)[C@@H](N)C(C)(C)C)c1ccccc1. The Kier molecular flexibility index (Phi) is 5.85. The second-order valence-corrected chi connectivity index (χ2v) is 7.88. The quantitative estimate of drug-likeness (QED) is 0.762. The van der Waals surface area contributed by atoms with Gasteiger partial charge in [-0.05, 0) is 17.9 Å². The fraction of sp³-hybridized carbons (Fsp3) is 0.579. The van der Waals surface area contributed by atoms with Crippen molar-refractivity contribution in [1.29, 1.82) is 0 Å². The third-order valence-corrected chi connectivity index (χ3v) is 4.72. The number of amides is 2. The molecule has 0 radical (unpaired) electrons. The Balaban J connectivity index is 2.10. The number of nitrogens with one attached hydrogen (secondary N) is 1. The maximum Gasteiger partial charge on any atom is 0.243 e. The van der Waals surface area contributed by atoms with Crippen LogP contribution in [0.25, 0.3) is 0 Å². The molecule has 4 N–H and O–H groups in total. The summed E-state index contributed by atoms with van der Waals surface area (Å²) in [5, 5.41) is 12.9. The van der Waals surface area contributed by atoms with Crippen LogP contribution >= 0.6 is 0 Å². The highest BCUT2D eigenvalue weighted by molar-refractivity contribution is 5.91. The third-order valence-electron chi connectivity index (χ3n) is 4.72. The number of likely N-dealkylation sites (tertiary alicyclic amines) is 1. The lowest BCUT2D eigenvalue weighted by molar-refractivity contribution is -0.141. The first-order valence-electron chi connectivity index (χ1n) is 8.70. The second-order valence-electron chi connectivity index (χ2n) is 7.88. The normalized spacial score (nSPS) is 23.2. The number of benzene rings is 1. The molecule has 2 amide bonds. The maximum absolute atomic E-state index is 12.7. The van der Waals surface area contributed by atoms with E-state index in [1.807, 2.05) is 58.0 Å². The van der Waals surface area contributed by atoms with E-state index in [1.54, 1.807) is 0 Å². The highest BCUT2D eigenvalue weighted by atomic mass is 16.3. The minimum absolute atomic E-state index is 0.139. The monoisotopic (exact) mass is 347 g/mol. The molecule has 6 heteroatoms. The molecule has 138 valence electrons. The summed E-state index contributed by atoms with van der Waals surface area (Å²) in [6, 6.07) is 8.02. The van der Waals surface area contributed by atoms with Crippen LogP contribution < -0.4 is 11.1 Å². The van der Waals surface area contributed by atoms with E-state index in [0.29, 0.717) is 0 Å². The number of β-amino-alcohol motifs (C(OH)–C–C–N with tert-alkyl or cyclic N) is 1. The van der Waals surface area contributed by atoms with Crippen molar-refractivity contribution in [3.8, 4) is 0 Å². The van der Waals surface area contributed by atoms with Crippen molar-refractivity contribution in [1.82, 2.24) is 10.2 Å². The van der Waals surface area contributed by atoms with Gasteiger partial charge in [-0.25, -0.2) is 0 Å². The maximum atomic E-state index is 12.7. The van der Waals surface area contributed by atoms with Gasteiger partial charge in [-0.2, -0.15) is 0 Å². The van der Waals surface area contributed by atoms with Gasteiger partial charge in [0.15, 0.2) is 0 Å². The van der Waals surface area contributed by atoms with Gasteiger partial charge in [0.05, 0.1) is 18.2 Å². The van der Waals surface area contributed by atoms with Gasteiger partial charge in [-0.15, -0.1) is 0 Å². The van der Waals surface area contributed by atoms with Crippen LogP contribution in [0, 0.1) is 5.41 Å². The van der Waals surface area contributed by atoms with Crippen LogP contribution in [0.2, 0.25) is 0 Å². The highest BCUT2D eigenvalue weighted by Gasteiger charge is 2.42. The summed E-state index contributed by atoms with van der Waals surface area (Å²) in [4.78, 5) is 26.8. The van der Waals surface area contributed by atoms with Gasteiger partial charge < -0.3 is 21.1 Å². The second kappa shape index (κ2) is 7.54. The van der Waals surface area contributed by atoms with E-state index < -0.39 is 23.6 Å². The molecule has 1 aliphatic heterocycles. The van der Waals surface area contributed by atoms with Crippen molar-refractivity contribution in [2.75, 3.05) is 6.54 Å². The van der Waals surface area contributed by atoms with Crippen LogP contribution in [0.1, 0.15) is 45.7 Å². The fourth-order valence-corrected chi connectivity index (χ4v) is 2.99. The highest BCUT2D eigenvalue weighted by Crippen LogP contribution is 2.25. The number of hydrogen-bond acceptors (Lipinski definition) is 4. The largest absolute Gasteiger partial charge is 0.391 e. The van der Waals surface area contributed by atoms with Gasteiger partial charge >= 0.3 is 0 Å². The van der Waals surface area contributed by atoms with Crippen LogP contribution in [0.3, 0.4) is 0 Å². The average molecular weight is 347 g/mol. The van der Waals surface area contributed by atoms with Gasteiger partial charge in [0.2, 0.25) is 11.8 Å². The van der Waals surface area contributed by atoms with Crippen molar-refractivity contribution < 1.29 is 14.7 Å². The van der Waals surface area contributed by atoms with E-state index in [2.05, 4.69) is 5.32 Å². The van der Waals surface area contributed by atoms with Crippen molar-refractivity contribution in [3.63, 3.8) is 0 Å². The summed E-state index contributed by atoms with van der Waals surface area (Å²) in [5.41, 5.74) is 6.64. The third kappa shape index (κ3) is 4.58. The van der Waals surface area contributed by atoms with Gasteiger partial charge in [0.1, 0.15) is 6.04 Å². The zero-order valence-electron chi connectivity index (χ0n) is 15.4. The summed E-state index contributed by atoms with van der Waals surface area (Å²) < 4.78 is 0. The molecule has 1 heterocycles. The minimum Gasteiger partial charge on any atom is -0.391 e. The minimum atomic E-state index is -0.723. The van der Waals surface area contributed by atoms with Crippen LogP contribution in [0.15, 0.2) is 30.3 Å². The number of rotatable bonds is 4. The van der Waals surface area contributed by atoms with Crippen molar-refractivity contribution in [2.24, 2.45) is 11.1 Å². The number of nitrogens with two attached hydrogens (primary N) is 1. The van der Waals surface area contributed by atoms with Crippen LogP contribution in [0.4, 0.5) is 0 Å². The molecule has 4 atom stereocenters. The molecule has 0 aliphatic carbocycles. The molecule has 6 nitrogen and oxygen atoms in total. The summed E-state index contributed by atoms with van der Waals surface area (Å²) in [6.45, 7) is 7.68. The smallest absolute Gasteiger partial charge is 0.243 e. The number of carbonyl (C=O) groups excluding carboxylic acids is 2. The number of aliphatic hydroxyl groups excluding tert-OH is 1. The predicted octanol–water partition coefficient (Wildman–Crippen LogP) is 1.20. The summed E-state index contributed by atoms with van der Waals surface area (Å²) >= 11 is 0. The zero-order valence-corrected chi connectivity index (χ0v) is 15.4. The molecule has 25 heavy (non-hydrogen) atoms. The Morgan fingerprint density at radius 2 is 1.88 bits per heavy atom. The van der Waals surface area contributed by atoms with Gasteiger partial charge in [-0.3, -0.25) is 9.59 Å². The molecule has 1 saturated heterocycles. The van der Waals surface area contributed by atoms with Gasteiger partial charge in [-0.1, -0.05) is 51.1 Å². The number of hydrogen-bond donors (Lipinski definition) is 3. The van der Waals surface area contributed by atoms with E-state index in [-0.39, 0.29) is 30.8 Å². The molecule has 0 spiro atoms. The van der Waals surface area contributed by atoms with Crippen molar-refractivity contribution in [2.45, 2.75) is 58.3 Å². The van der Waals surface area contributed by atoms with Crippen molar-refractivity contribution >= 4 is 11.8 Å². The zero-order chi connectivity index (χ0) is 18.8. The molecule has 1 aliphatic rings. The Bertz CT molecular complexity index is 612. The molecular weight excluding hydrogens is 318 g/mol. The number of aliphatic hydroxyl groups is 1. The topological polar surface area (TPSA) is 95.7 Å². The number of carbonyl (C=O) groups is 2. The lowest BCUT2D eigenvalue weighted by atomic mass is 9.86. The first-order valence-corrected chi connectivity index (χ1v) is 8.70. The molecule has 1 aromatic rings. The average Bonchev–Trinajstić information content (AvgIpc) is 2.95. The predicted molar refractivity (Wildman–Crippen MR) is 96.6 cm³/mol. The molecule has 1 aromatic carbocycles. The van der Waals surface area contributed by atoms with Crippen molar-refractivity contribution in [3.05, 3.63) is 35.9 Å². The fourth-order valence-electron chi connectivity index (χ4n) is 2.99. The van der Waals surface area contributed by atoms with Gasteiger partial charge in [0, 0.05) is 13.0 Å². The Morgan fingerprint density at radius 3 is 2.44 bits per heavy atom. The van der Waals surface area contributed by atoms with Crippen LogP contribution in [-0.4, -0.2) is 46.6 Å². The molecule has 2 rings (SSSR count). The molecule has 0 bridgehead atoms. The lowest BCUT2D eigenvalue weighted by Crippen LogP contribution is -2.55. The van der Waals surface area contributed by atoms with Crippen LogP contribution in [0.5, 0.6) is 0 Å². The molecule has 1 fully saturated rings. The van der Waals surface area contributed by atoms with E-state index in [1.165, 1.54) is 4.90 Å². The molecule has 0 saturated carbocycles. The number of nitrogens with zero attached hydrogens (tertiary/aromatic N) is 1. The molecular formula is C19H29N3O3. The summed E-state index contributed by atoms with van der Waals surface area (Å²) in [5.74, 6) is -0.557. The lowest BCUT2D eigenvalue weighted by Gasteiger charge is -2.32. The van der Waals surface area contributed by atoms with Crippen LogP contribution in [-0.2, 0) is 9.59 Å². The Hall–Kier alpha value is -1.92. The molecule has 0 unspecified atom stereocenters. The first kappa shape index (κ1) is 19.4. The Morgan fingerprint density at radius 1 is 1.28 bits per heavy atom. The van der Waals surface area contributed by atoms with E-state index >= 15 is 0 Å². The molecule has 0 aromatic heterocycles. The van der Waals surface area contributed by atoms with E-state index in [0.717, 1.165) is 5.56 Å². The van der Waals surface area contributed by atoms with E-state index in [9.17, 15) is 14.7 Å².